The third-order valence-corrected chi connectivity index (χ3v) is 4.85. The first-order valence-corrected chi connectivity index (χ1v) is 8.56. The predicted molar refractivity (Wildman–Crippen MR) is 87.7 cm³/mol. The van der Waals surface area contributed by atoms with E-state index in [-0.39, 0.29) is 16.1 Å². The van der Waals surface area contributed by atoms with E-state index in [2.05, 4.69) is 9.46 Å². The summed E-state index contributed by atoms with van der Waals surface area (Å²) in [6.07, 6.45) is 0. The van der Waals surface area contributed by atoms with Crippen molar-refractivity contribution in [3.63, 3.8) is 0 Å². The molecule has 0 aliphatic rings. The molecule has 116 valence electrons. The van der Waals surface area contributed by atoms with E-state index in [1.807, 2.05) is 22.6 Å². The molecular weight excluding hydrogens is 424 g/mol. The zero-order chi connectivity index (χ0) is 16.3. The van der Waals surface area contributed by atoms with Crippen molar-refractivity contribution in [3.8, 4) is 0 Å². The Balaban J connectivity index is 2.45. The van der Waals surface area contributed by atoms with E-state index in [0.29, 0.717) is 3.57 Å². The fourth-order valence-corrected chi connectivity index (χ4v) is 3.47. The van der Waals surface area contributed by atoms with Gasteiger partial charge in [-0.1, -0.05) is 12.1 Å². The number of sulfonamides is 1. The molecule has 0 heterocycles. The van der Waals surface area contributed by atoms with Crippen molar-refractivity contribution in [1.82, 2.24) is 0 Å². The number of benzene rings is 2. The topological polar surface area (TPSA) is 72.5 Å². The van der Waals surface area contributed by atoms with Crippen LogP contribution >= 0.6 is 22.6 Å². The Kier molecular flexibility index (Phi) is 5.01. The molecule has 0 aliphatic carbocycles. The minimum Gasteiger partial charge on any atom is -0.465 e. The van der Waals surface area contributed by atoms with Crippen LogP contribution in [-0.4, -0.2) is 21.5 Å². The molecule has 0 aromatic heterocycles. The molecule has 0 aliphatic heterocycles. The van der Waals surface area contributed by atoms with Gasteiger partial charge in [0.1, 0.15) is 10.7 Å². The maximum atomic E-state index is 13.8. The Morgan fingerprint density at radius 2 is 1.91 bits per heavy atom. The van der Waals surface area contributed by atoms with E-state index in [4.69, 9.17) is 0 Å². The standard InChI is InChI=1S/C14H11FINO4S/c1-21-14(18)10-4-2-3-5-13(10)22(19,20)17-12-7-6-9(16)8-11(12)15/h2-8,17H,1H3. The summed E-state index contributed by atoms with van der Waals surface area (Å²) in [7, 11) is -2.98. The summed E-state index contributed by atoms with van der Waals surface area (Å²) >= 11 is 1.91. The Morgan fingerprint density at radius 1 is 1.23 bits per heavy atom. The molecule has 8 heteroatoms. The van der Waals surface area contributed by atoms with Gasteiger partial charge in [0.05, 0.1) is 18.4 Å². The molecule has 2 rings (SSSR count). The lowest BCUT2D eigenvalue weighted by molar-refractivity contribution is 0.0596. The van der Waals surface area contributed by atoms with Crippen molar-refractivity contribution in [1.29, 1.82) is 0 Å². The van der Waals surface area contributed by atoms with Gasteiger partial charge in [0.25, 0.3) is 10.0 Å². The number of esters is 1. The normalized spacial score (nSPS) is 11.0. The third-order valence-electron chi connectivity index (χ3n) is 2.76. The van der Waals surface area contributed by atoms with Crippen LogP contribution in [0, 0.1) is 9.39 Å². The molecule has 5 nitrogen and oxygen atoms in total. The van der Waals surface area contributed by atoms with Crippen molar-refractivity contribution < 1.29 is 22.3 Å². The van der Waals surface area contributed by atoms with Crippen molar-refractivity contribution in [2.24, 2.45) is 0 Å². The molecule has 2 aromatic rings. The molecule has 0 saturated heterocycles. The van der Waals surface area contributed by atoms with E-state index in [0.717, 1.165) is 7.11 Å². The average molecular weight is 435 g/mol. The smallest absolute Gasteiger partial charge is 0.339 e. The molecule has 0 radical (unpaired) electrons. The summed E-state index contributed by atoms with van der Waals surface area (Å²) in [4.78, 5) is 11.4. The number of carbonyl (C=O) groups is 1. The van der Waals surface area contributed by atoms with E-state index < -0.39 is 21.8 Å². The van der Waals surface area contributed by atoms with E-state index in [9.17, 15) is 17.6 Å². The number of hydrogen-bond acceptors (Lipinski definition) is 4. The second kappa shape index (κ2) is 6.61. The Morgan fingerprint density at radius 3 is 2.55 bits per heavy atom. The molecule has 0 amide bonds. The minimum absolute atomic E-state index is 0.122. The van der Waals surface area contributed by atoms with Crippen LogP contribution in [0.3, 0.4) is 0 Å². The van der Waals surface area contributed by atoms with Crippen LogP contribution in [0.1, 0.15) is 10.4 Å². The van der Waals surface area contributed by atoms with E-state index in [1.54, 1.807) is 6.07 Å². The van der Waals surface area contributed by atoms with Crippen LogP contribution in [0.5, 0.6) is 0 Å². The Labute approximate surface area is 140 Å². The van der Waals surface area contributed by atoms with Gasteiger partial charge in [0.2, 0.25) is 0 Å². The summed E-state index contributed by atoms with van der Waals surface area (Å²) in [5.41, 5.74) is -0.316. The number of nitrogens with one attached hydrogen (secondary N) is 1. The summed E-state index contributed by atoms with van der Waals surface area (Å²) < 4.78 is 45.9. The summed E-state index contributed by atoms with van der Waals surface area (Å²) in [6.45, 7) is 0. The zero-order valence-electron chi connectivity index (χ0n) is 11.3. The zero-order valence-corrected chi connectivity index (χ0v) is 14.3. The summed E-state index contributed by atoms with van der Waals surface area (Å²) in [5, 5.41) is 0. The van der Waals surface area contributed by atoms with Gasteiger partial charge < -0.3 is 4.74 Å². The summed E-state index contributed by atoms with van der Waals surface area (Å²) in [6, 6.07) is 9.62. The van der Waals surface area contributed by atoms with E-state index in [1.165, 1.54) is 36.4 Å². The first kappa shape index (κ1) is 16.7. The molecule has 2 aromatic carbocycles. The van der Waals surface area contributed by atoms with Crippen LogP contribution in [-0.2, 0) is 14.8 Å². The molecule has 1 N–H and O–H groups in total. The number of ether oxygens (including phenoxy) is 1. The van der Waals surface area contributed by atoms with Crippen LogP contribution in [0.4, 0.5) is 10.1 Å². The van der Waals surface area contributed by atoms with E-state index >= 15 is 0 Å². The highest BCUT2D eigenvalue weighted by Gasteiger charge is 2.23. The SMILES string of the molecule is COC(=O)c1ccccc1S(=O)(=O)Nc1ccc(I)cc1F. The van der Waals surface area contributed by atoms with Crippen LogP contribution < -0.4 is 4.72 Å². The van der Waals surface area contributed by atoms with Gasteiger partial charge in [-0.15, -0.1) is 0 Å². The molecule has 22 heavy (non-hydrogen) atoms. The number of anilines is 1. The highest BCUT2D eigenvalue weighted by atomic mass is 127. The van der Waals surface area contributed by atoms with Crippen LogP contribution in [0.2, 0.25) is 0 Å². The molecular formula is C14H11FINO4S. The fourth-order valence-electron chi connectivity index (χ4n) is 1.75. The van der Waals surface area contributed by atoms with Crippen LogP contribution in [0.15, 0.2) is 47.4 Å². The second-order valence-electron chi connectivity index (χ2n) is 4.22. The van der Waals surface area contributed by atoms with Gasteiger partial charge in [0.15, 0.2) is 0 Å². The van der Waals surface area contributed by atoms with Crippen molar-refractivity contribution >= 4 is 44.3 Å². The largest absolute Gasteiger partial charge is 0.465 e. The van der Waals surface area contributed by atoms with Gasteiger partial charge in [0, 0.05) is 3.57 Å². The molecule has 0 unspecified atom stereocenters. The molecule has 0 atom stereocenters. The third kappa shape index (κ3) is 3.55. The lowest BCUT2D eigenvalue weighted by Gasteiger charge is -2.11. The quantitative estimate of drug-likeness (QED) is 0.592. The van der Waals surface area contributed by atoms with Gasteiger partial charge in [-0.25, -0.2) is 17.6 Å². The lowest BCUT2D eigenvalue weighted by atomic mass is 10.2. The van der Waals surface area contributed by atoms with Gasteiger partial charge in [-0.2, -0.15) is 0 Å². The highest BCUT2D eigenvalue weighted by molar-refractivity contribution is 14.1. The highest BCUT2D eigenvalue weighted by Crippen LogP contribution is 2.23. The summed E-state index contributed by atoms with van der Waals surface area (Å²) in [5.74, 6) is -1.49. The van der Waals surface area contributed by atoms with Crippen molar-refractivity contribution in [2.45, 2.75) is 4.90 Å². The fraction of sp³-hybridized carbons (Fsp3) is 0.0714. The molecule has 0 fully saturated rings. The monoisotopic (exact) mass is 435 g/mol. The van der Waals surface area contributed by atoms with Gasteiger partial charge in [-0.05, 0) is 52.9 Å². The molecule has 0 spiro atoms. The maximum absolute atomic E-state index is 13.8. The maximum Gasteiger partial charge on any atom is 0.339 e. The first-order chi connectivity index (χ1) is 10.3. The number of halogens is 2. The number of hydrogen-bond donors (Lipinski definition) is 1. The Hall–Kier alpha value is -1.68. The van der Waals surface area contributed by atoms with Crippen molar-refractivity contribution in [2.75, 3.05) is 11.8 Å². The number of carbonyl (C=O) groups excluding carboxylic acids is 1. The molecule has 0 saturated carbocycles. The Bertz CT molecular complexity index is 823. The van der Waals surface area contributed by atoms with Crippen molar-refractivity contribution in [3.05, 3.63) is 57.4 Å². The minimum atomic E-state index is -4.13. The van der Waals surface area contributed by atoms with Gasteiger partial charge in [-0.3, -0.25) is 4.72 Å². The second-order valence-corrected chi connectivity index (χ2v) is 7.11. The number of rotatable bonds is 4. The first-order valence-electron chi connectivity index (χ1n) is 6.00. The van der Waals surface area contributed by atoms with Gasteiger partial charge >= 0.3 is 5.97 Å². The predicted octanol–water partition coefficient (Wildman–Crippen LogP) is 3.02. The lowest BCUT2D eigenvalue weighted by Crippen LogP contribution is -2.18. The molecule has 0 bridgehead atoms. The number of methoxy groups -OCH3 is 1. The average Bonchev–Trinajstić information content (AvgIpc) is 2.49. The van der Waals surface area contributed by atoms with Crippen LogP contribution in [0.25, 0.3) is 0 Å².